The Labute approximate surface area is 182 Å². The third-order valence-electron chi connectivity index (χ3n) is 5.90. The minimum absolute atomic E-state index is 0.189. The summed E-state index contributed by atoms with van der Waals surface area (Å²) in [5.74, 6) is 1.80. The summed E-state index contributed by atoms with van der Waals surface area (Å²) in [5, 5.41) is 25.7. The number of phenols is 2. The van der Waals surface area contributed by atoms with Gasteiger partial charge in [-0.05, 0) is 26.0 Å². The second-order valence-electron chi connectivity index (χ2n) is 8.12. The van der Waals surface area contributed by atoms with E-state index in [9.17, 15) is 10.2 Å². The van der Waals surface area contributed by atoms with Crippen LogP contribution < -0.4 is 9.47 Å². The summed E-state index contributed by atoms with van der Waals surface area (Å²) >= 11 is 0. The number of hydrogen-bond donors (Lipinski definition) is 2. The van der Waals surface area contributed by atoms with E-state index in [0.717, 1.165) is 21.5 Å². The molecule has 0 aliphatic heterocycles. The Hall–Kier alpha value is -3.40. The third-order valence-corrected chi connectivity index (χ3v) is 5.90. The number of phenolic OH excluding ortho intramolecular Hbond substituents is 2. The van der Waals surface area contributed by atoms with E-state index in [-0.39, 0.29) is 11.5 Å². The van der Waals surface area contributed by atoms with Gasteiger partial charge in [-0.3, -0.25) is 0 Å². The van der Waals surface area contributed by atoms with Gasteiger partial charge in [0.25, 0.3) is 0 Å². The Balaban J connectivity index is 2.01. The molecule has 4 nitrogen and oxygen atoms in total. The first-order chi connectivity index (χ1) is 14.9. The van der Waals surface area contributed by atoms with Crippen molar-refractivity contribution in [1.82, 2.24) is 0 Å². The van der Waals surface area contributed by atoms with Crippen LogP contribution in [-0.4, -0.2) is 23.4 Å². The fourth-order valence-corrected chi connectivity index (χ4v) is 4.30. The molecule has 31 heavy (non-hydrogen) atoms. The molecule has 0 amide bonds. The summed E-state index contributed by atoms with van der Waals surface area (Å²) in [6.07, 6.45) is 0. The first-order valence-corrected chi connectivity index (χ1v) is 10.7. The predicted molar refractivity (Wildman–Crippen MR) is 126 cm³/mol. The molecule has 2 N–H and O–H groups in total. The van der Waals surface area contributed by atoms with Crippen LogP contribution in [0.15, 0.2) is 60.7 Å². The van der Waals surface area contributed by atoms with E-state index in [2.05, 4.69) is 0 Å². The van der Waals surface area contributed by atoms with Crippen molar-refractivity contribution in [3.05, 3.63) is 71.8 Å². The maximum Gasteiger partial charge on any atom is 0.127 e. The van der Waals surface area contributed by atoms with Crippen molar-refractivity contribution in [3.63, 3.8) is 0 Å². The smallest absolute Gasteiger partial charge is 0.127 e. The zero-order valence-corrected chi connectivity index (χ0v) is 18.4. The molecule has 0 bridgehead atoms. The summed E-state index contributed by atoms with van der Waals surface area (Å²) in [5.41, 5.74) is 0.644. The number of benzene rings is 4. The lowest BCUT2D eigenvalue weighted by Crippen LogP contribution is -2.20. The van der Waals surface area contributed by atoms with Gasteiger partial charge < -0.3 is 19.7 Å². The van der Waals surface area contributed by atoms with Gasteiger partial charge >= 0.3 is 0 Å². The second kappa shape index (κ2) is 8.03. The first-order valence-electron chi connectivity index (χ1n) is 10.7. The van der Waals surface area contributed by atoms with E-state index in [1.165, 1.54) is 0 Å². The molecule has 160 valence electrons. The van der Waals surface area contributed by atoms with Crippen molar-refractivity contribution in [2.45, 2.75) is 33.1 Å². The van der Waals surface area contributed by atoms with Crippen molar-refractivity contribution in [1.29, 1.82) is 0 Å². The van der Waals surface area contributed by atoms with Crippen molar-refractivity contribution in [2.75, 3.05) is 13.2 Å². The average Bonchev–Trinajstić information content (AvgIpc) is 2.77. The topological polar surface area (TPSA) is 58.9 Å². The van der Waals surface area contributed by atoms with Gasteiger partial charge in [-0.1, -0.05) is 62.4 Å². The minimum atomic E-state index is -0.722. The van der Waals surface area contributed by atoms with Crippen LogP contribution in [0.3, 0.4) is 0 Å². The highest BCUT2D eigenvalue weighted by molar-refractivity contribution is 5.97. The van der Waals surface area contributed by atoms with Gasteiger partial charge in [0.2, 0.25) is 0 Å². The van der Waals surface area contributed by atoms with Crippen LogP contribution in [0.1, 0.15) is 38.8 Å². The van der Waals surface area contributed by atoms with Crippen molar-refractivity contribution >= 4 is 21.5 Å². The summed E-state index contributed by atoms with van der Waals surface area (Å²) in [4.78, 5) is 0. The van der Waals surface area contributed by atoms with Crippen molar-refractivity contribution in [3.8, 4) is 23.0 Å². The largest absolute Gasteiger partial charge is 0.507 e. The van der Waals surface area contributed by atoms with Gasteiger partial charge in [0.1, 0.15) is 23.0 Å². The molecule has 0 spiro atoms. The van der Waals surface area contributed by atoms with Gasteiger partial charge in [-0.25, -0.2) is 0 Å². The van der Waals surface area contributed by atoms with Crippen LogP contribution in [0, 0.1) is 0 Å². The van der Waals surface area contributed by atoms with E-state index in [0.29, 0.717) is 35.8 Å². The van der Waals surface area contributed by atoms with E-state index < -0.39 is 5.41 Å². The lowest BCUT2D eigenvalue weighted by molar-refractivity contribution is 0.341. The zero-order chi connectivity index (χ0) is 22.2. The monoisotopic (exact) mass is 416 g/mol. The Morgan fingerprint density at radius 1 is 0.645 bits per heavy atom. The highest BCUT2D eigenvalue weighted by Gasteiger charge is 2.32. The van der Waals surface area contributed by atoms with E-state index in [4.69, 9.17) is 9.47 Å². The van der Waals surface area contributed by atoms with Crippen molar-refractivity contribution < 1.29 is 19.7 Å². The predicted octanol–water partition coefficient (Wildman–Crippen LogP) is 6.53. The van der Waals surface area contributed by atoms with Crippen LogP contribution in [0.2, 0.25) is 0 Å². The molecule has 0 radical (unpaired) electrons. The van der Waals surface area contributed by atoms with Gasteiger partial charge in [0.05, 0.1) is 13.2 Å². The highest BCUT2D eigenvalue weighted by Crippen LogP contribution is 2.49. The average molecular weight is 417 g/mol. The summed E-state index contributed by atoms with van der Waals surface area (Å²) in [6.45, 7) is 8.90. The summed E-state index contributed by atoms with van der Waals surface area (Å²) in [7, 11) is 0. The Kier molecular flexibility index (Phi) is 5.40. The Morgan fingerprint density at radius 3 is 1.35 bits per heavy atom. The molecule has 4 heteroatoms. The van der Waals surface area contributed by atoms with Crippen LogP contribution in [0.25, 0.3) is 21.5 Å². The van der Waals surface area contributed by atoms with E-state index in [1.807, 2.05) is 88.4 Å². The van der Waals surface area contributed by atoms with E-state index in [1.54, 1.807) is 0 Å². The molecule has 0 aliphatic rings. The van der Waals surface area contributed by atoms with Crippen molar-refractivity contribution in [2.24, 2.45) is 0 Å². The molecule has 0 saturated heterocycles. The third kappa shape index (κ3) is 3.42. The molecule has 0 saturated carbocycles. The number of hydrogen-bond acceptors (Lipinski definition) is 4. The van der Waals surface area contributed by atoms with Crippen LogP contribution >= 0.6 is 0 Å². The second-order valence-corrected chi connectivity index (χ2v) is 8.12. The van der Waals surface area contributed by atoms with E-state index >= 15 is 0 Å². The molecule has 0 fully saturated rings. The van der Waals surface area contributed by atoms with Gasteiger partial charge in [-0.15, -0.1) is 0 Å². The number of ether oxygens (including phenoxy) is 2. The molecule has 0 heterocycles. The lowest BCUT2D eigenvalue weighted by Gasteiger charge is -2.30. The molecule has 0 unspecified atom stereocenters. The molecular formula is C27H28O4. The number of rotatable bonds is 6. The maximum atomic E-state index is 11.2. The molecule has 4 rings (SSSR count). The molecule has 4 aromatic carbocycles. The number of fused-ring (bicyclic) bond motifs is 2. The molecular weight excluding hydrogens is 388 g/mol. The Morgan fingerprint density at radius 2 is 1.00 bits per heavy atom. The fraction of sp³-hybridized carbons (Fsp3) is 0.259. The number of aromatic hydroxyl groups is 2. The quantitative estimate of drug-likeness (QED) is 0.375. The molecule has 0 aliphatic carbocycles. The molecule has 0 aromatic heterocycles. The highest BCUT2D eigenvalue weighted by atomic mass is 16.5. The molecule has 4 aromatic rings. The van der Waals surface area contributed by atoms with Crippen LogP contribution in [0.4, 0.5) is 0 Å². The van der Waals surface area contributed by atoms with Gasteiger partial charge in [0.15, 0.2) is 0 Å². The zero-order valence-electron chi connectivity index (χ0n) is 18.4. The fourth-order valence-electron chi connectivity index (χ4n) is 4.30. The van der Waals surface area contributed by atoms with Crippen LogP contribution in [0.5, 0.6) is 23.0 Å². The normalized spacial score (nSPS) is 11.7. The van der Waals surface area contributed by atoms with Gasteiger partial charge in [0, 0.05) is 38.1 Å². The summed E-state index contributed by atoms with van der Waals surface area (Å²) < 4.78 is 11.8. The first kappa shape index (κ1) is 20.9. The maximum absolute atomic E-state index is 11.2. The minimum Gasteiger partial charge on any atom is -0.507 e. The lowest BCUT2D eigenvalue weighted by atomic mass is 9.75. The van der Waals surface area contributed by atoms with Crippen LogP contribution in [-0.2, 0) is 5.41 Å². The van der Waals surface area contributed by atoms with Gasteiger partial charge in [-0.2, -0.15) is 0 Å². The standard InChI is InChI=1S/C27H28O4/c1-5-30-23-15-21(25(28)19-13-9-7-11-17(19)23)27(3,4)22-16-24(31-6-2)18-12-8-10-14-20(18)26(22)29/h7-16,28-29H,5-6H2,1-4H3. The SMILES string of the molecule is CCOc1cc(C(C)(C)c2cc(OCC)c3ccccc3c2O)c(O)c2ccccc12. The Bertz CT molecular complexity index is 1160. The molecule has 0 atom stereocenters. The summed E-state index contributed by atoms with van der Waals surface area (Å²) in [6, 6.07) is 19.1.